The van der Waals surface area contributed by atoms with E-state index in [1.165, 1.54) is 6.92 Å². The van der Waals surface area contributed by atoms with Crippen LogP contribution >= 0.6 is 0 Å². The highest BCUT2D eigenvalue weighted by Gasteiger charge is 2.49. The lowest BCUT2D eigenvalue weighted by molar-refractivity contribution is -0.175. The molecular weight excluding hydrogens is 311 g/mol. The van der Waals surface area contributed by atoms with Crippen LogP contribution in [0.4, 0.5) is 22.0 Å². The van der Waals surface area contributed by atoms with E-state index in [0.29, 0.717) is 12.1 Å². The highest BCUT2D eigenvalue weighted by molar-refractivity contribution is 5.80. The Morgan fingerprint density at radius 3 is 2.18 bits per heavy atom. The van der Waals surface area contributed by atoms with Crippen LogP contribution in [-0.4, -0.2) is 18.7 Å². The lowest BCUT2D eigenvalue weighted by Crippen LogP contribution is -2.31. The molecule has 124 valence electrons. The predicted octanol–water partition coefficient (Wildman–Crippen LogP) is 4.15. The molecule has 0 heterocycles. The van der Waals surface area contributed by atoms with Crippen molar-refractivity contribution in [1.82, 2.24) is 0 Å². The van der Waals surface area contributed by atoms with Crippen molar-refractivity contribution < 1.29 is 36.2 Å². The Kier molecular flexibility index (Phi) is 5.37. The molecule has 1 rings (SSSR count). The monoisotopic (exact) mass is 326 g/mol. The molecule has 0 amide bonds. The first kappa shape index (κ1) is 18.2. The third kappa shape index (κ3) is 4.08. The summed E-state index contributed by atoms with van der Waals surface area (Å²) in [7, 11) is 0. The fraction of sp³-hybridized carbons (Fsp3) is 0.500. The smallest absolute Gasteiger partial charge is 0.417 e. The molecule has 0 saturated heterocycles. The minimum atomic E-state index is -5.07. The fourth-order valence-electron chi connectivity index (χ4n) is 1.71. The first-order valence-electron chi connectivity index (χ1n) is 6.43. The number of rotatable bonds is 5. The van der Waals surface area contributed by atoms with Crippen LogP contribution in [0.15, 0.2) is 18.2 Å². The SMILES string of the molecule is CCOC(=O)C(F)(F)c1ccc(OC(C)C)cc1C(F)(F)F. The van der Waals surface area contributed by atoms with Crippen LogP contribution in [0.2, 0.25) is 0 Å². The summed E-state index contributed by atoms with van der Waals surface area (Å²) in [6, 6.07) is 1.93. The maximum Gasteiger partial charge on any atom is 0.417 e. The third-order valence-electron chi connectivity index (χ3n) is 2.54. The van der Waals surface area contributed by atoms with E-state index >= 15 is 0 Å². The Bertz CT molecular complexity index is 538. The molecule has 0 atom stereocenters. The lowest BCUT2D eigenvalue weighted by atomic mass is 10.0. The standard InChI is InChI=1S/C14H15F5O3/c1-4-21-12(20)13(15,16)10-6-5-9(22-8(2)3)7-11(10)14(17,18)19/h5-8H,4H2,1-3H3. The molecule has 3 nitrogen and oxygen atoms in total. The zero-order valence-electron chi connectivity index (χ0n) is 12.1. The second kappa shape index (κ2) is 6.50. The van der Waals surface area contributed by atoms with E-state index in [0.717, 1.165) is 6.07 Å². The second-order valence-corrected chi connectivity index (χ2v) is 4.67. The Balaban J connectivity index is 3.38. The summed E-state index contributed by atoms with van der Waals surface area (Å²) in [5.74, 6) is -6.65. The number of halogens is 5. The molecule has 0 aliphatic heterocycles. The van der Waals surface area contributed by atoms with E-state index in [1.54, 1.807) is 13.8 Å². The van der Waals surface area contributed by atoms with Crippen molar-refractivity contribution in [3.63, 3.8) is 0 Å². The molecule has 1 aromatic rings. The van der Waals surface area contributed by atoms with Crippen molar-refractivity contribution in [2.75, 3.05) is 6.61 Å². The van der Waals surface area contributed by atoms with Crippen molar-refractivity contribution in [1.29, 1.82) is 0 Å². The molecule has 0 saturated carbocycles. The molecule has 0 fully saturated rings. The van der Waals surface area contributed by atoms with Crippen LogP contribution in [0, 0.1) is 0 Å². The molecule has 8 heteroatoms. The number of benzene rings is 1. The minimum Gasteiger partial charge on any atom is -0.491 e. The second-order valence-electron chi connectivity index (χ2n) is 4.67. The molecule has 0 bridgehead atoms. The summed E-state index contributed by atoms with van der Waals surface area (Å²) < 4.78 is 76.0. The topological polar surface area (TPSA) is 35.5 Å². The third-order valence-corrected chi connectivity index (χ3v) is 2.54. The van der Waals surface area contributed by atoms with Crippen LogP contribution in [0.3, 0.4) is 0 Å². The first-order valence-corrected chi connectivity index (χ1v) is 6.43. The van der Waals surface area contributed by atoms with Crippen molar-refractivity contribution in [2.45, 2.75) is 39.0 Å². The number of carbonyl (C=O) groups excluding carboxylic acids is 1. The van der Waals surface area contributed by atoms with E-state index in [1.807, 2.05) is 0 Å². The van der Waals surface area contributed by atoms with Gasteiger partial charge in [0.25, 0.3) is 0 Å². The van der Waals surface area contributed by atoms with E-state index < -0.39 is 35.3 Å². The Hall–Kier alpha value is -1.86. The summed E-state index contributed by atoms with van der Waals surface area (Å²) in [5, 5.41) is 0. The van der Waals surface area contributed by atoms with Gasteiger partial charge in [0.1, 0.15) is 5.75 Å². The van der Waals surface area contributed by atoms with Gasteiger partial charge >= 0.3 is 18.1 Å². The molecule has 0 aromatic heterocycles. The van der Waals surface area contributed by atoms with E-state index in [2.05, 4.69) is 4.74 Å². The lowest BCUT2D eigenvalue weighted by Gasteiger charge is -2.21. The van der Waals surface area contributed by atoms with Gasteiger partial charge in [-0.25, -0.2) is 4.79 Å². The molecule has 1 aromatic carbocycles. The summed E-state index contributed by atoms with van der Waals surface area (Å²) in [4.78, 5) is 11.2. The van der Waals surface area contributed by atoms with Gasteiger partial charge in [0, 0.05) is 5.56 Å². The highest BCUT2D eigenvalue weighted by atomic mass is 19.4. The van der Waals surface area contributed by atoms with Gasteiger partial charge in [0.15, 0.2) is 0 Å². The maximum atomic E-state index is 13.9. The normalized spacial score (nSPS) is 12.4. The van der Waals surface area contributed by atoms with Crippen LogP contribution in [-0.2, 0) is 21.6 Å². The van der Waals surface area contributed by atoms with Gasteiger partial charge in [0.05, 0.1) is 18.3 Å². The summed E-state index contributed by atoms with van der Waals surface area (Å²) >= 11 is 0. The van der Waals surface area contributed by atoms with Gasteiger partial charge in [-0.05, 0) is 39.0 Å². The van der Waals surface area contributed by atoms with Crippen LogP contribution < -0.4 is 4.74 Å². The maximum absolute atomic E-state index is 13.9. The highest BCUT2D eigenvalue weighted by Crippen LogP contribution is 2.41. The number of hydrogen-bond donors (Lipinski definition) is 0. The van der Waals surface area contributed by atoms with Gasteiger partial charge in [-0.15, -0.1) is 0 Å². The largest absolute Gasteiger partial charge is 0.491 e. The van der Waals surface area contributed by atoms with Crippen LogP contribution in [0.25, 0.3) is 0 Å². The van der Waals surface area contributed by atoms with Crippen molar-refractivity contribution in [2.24, 2.45) is 0 Å². The first-order chi connectivity index (χ1) is 10.00. The van der Waals surface area contributed by atoms with Gasteiger partial charge < -0.3 is 9.47 Å². The van der Waals surface area contributed by atoms with Crippen molar-refractivity contribution in [3.8, 4) is 5.75 Å². The molecule has 0 spiro atoms. The summed E-state index contributed by atoms with van der Waals surface area (Å²) in [6.07, 6.45) is -5.50. The summed E-state index contributed by atoms with van der Waals surface area (Å²) in [6.45, 7) is 4.06. The molecular formula is C14H15F5O3. The zero-order chi connectivity index (χ0) is 17.1. The molecule has 0 aliphatic carbocycles. The number of carbonyl (C=O) groups is 1. The predicted molar refractivity (Wildman–Crippen MR) is 67.7 cm³/mol. The Morgan fingerprint density at radius 1 is 1.14 bits per heavy atom. The molecule has 22 heavy (non-hydrogen) atoms. The number of hydrogen-bond acceptors (Lipinski definition) is 3. The average molecular weight is 326 g/mol. The minimum absolute atomic E-state index is 0.217. The quantitative estimate of drug-likeness (QED) is 0.602. The summed E-state index contributed by atoms with van der Waals surface area (Å²) in [5.41, 5.74) is -3.10. The zero-order valence-corrected chi connectivity index (χ0v) is 12.1. The van der Waals surface area contributed by atoms with Crippen molar-refractivity contribution in [3.05, 3.63) is 29.3 Å². The van der Waals surface area contributed by atoms with Gasteiger partial charge in [-0.1, -0.05) is 0 Å². The molecule has 0 unspecified atom stereocenters. The number of esters is 1. The van der Waals surface area contributed by atoms with Gasteiger partial charge in [-0.2, -0.15) is 22.0 Å². The van der Waals surface area contributed by atoms with Crippen LogP contribution in [0.5, 0.6) is 5.75 Å². The van der Waals surface area contributed by atoms with E-state index in [4.69, 9.17) is 4.74 Å². The number of ether oxygens (including phenoxy) is 2. The van der Waals surface area contributed by atoms with Crippen molar-refractivity contribution >= 4 is 5.97 Å². The number of alkyl halides is 5. The average Bonchev–Trinajstić information content (AvgIpc) is 2.37. The fourth-order valence-corrected chi connectivity index (χ4v) is 1.71. The van der Waals surface area contributed by atoms with Crippen LogP contribution in [0.1, 0.15) is 31.9 Å². The van der Waals surface area contributed by atoms with Gasteiger partial charge in [0.2, 0.25) is 0 Å². The molecule has 0 aliphatic rings. The molecule has 0 radical (unpaired) electrons. The Labute approximate surface area is 124 Å². The molecule has 0 N–H and O–H groups in total. The van der Waals surface area contributed by atoms with E-state index in [9.17, 15) is 26.7 Å². The Morgan fingerprint density at radius 2 is 1.73 bits per heavy atom. The van der Waals surface area contributed by atoms with Gasteiger partial charge in [-0.3, -0.25) is 0 Å². The van der Waals surface area contributed by atoms with E-state index in [-0.39, 0.29) is 12.4 Å².